The maximum Gasteiger partial charge on any atom is 0.317 e. The van der Waals surface area contributed by atoms with Gasteiger partial charge in [0, 0.05) is 58.9 Å². The smallest absolute Gasteiger partial charge is 0.317 e. The third kappa shape index (κ3) is 10.8. The van der Waals surface area contributed by atoms with Gasteiger partial charge in [-0.25, -0.2) is 0 Å². The van der Waals surface area contributed by atoms with Gasteiger partial charge < -0.3 is 25.3 Å². The zero-order valence-electron chi connectivity index (χ0n) is 19.7. The first-order valence-electron chi connectivity index (χ1n) is 11.9. The summed E-state index contributed by atoms with van der Waals surface area (Å²) in [7, 11) is 0. The van der Waals surface area contributed by atoms with Crippen molar-refractivity contribution in [2.45, 2.75) is 25.7 Å². The van der Waals surface area contributed by atoms with E-state index in [0.29, 0.717) is 71.1 Å². The molecule has 1 heterocycles. The first kappa shape index (κ1) is 28.0. The summed E-state index contributed by atoms with van der Waals surface area (Å²) in [6, 6.07) is 0. The quantitative estimate of drug-likeness (QED) is 0.326. The van der Waals surface area contributed by atoms with E-state index in [0.717, 1.165) is 19.4 Å². The van der Waals surface area contributed by atoms with Gasteiger partial charge in [0.15, 0.2) is 0 Å². The van der Waals surface area contributed by atoms with E-state index in [9.17, 15) is 39.6 Å². The molecule has 12 heteroatoms. The monoisotopic (exact) mass is 486 g/mol. The molecule has 0 spiro atoms. The number of aliphatic carboxylic acids is 4. The fourth-order valence-corrected chi connectivity index (χ4v) is 4.77. The van der Waals surface area contributed by atoms with Crippen molar-refractivity contribution in [3.63, 3.8) is 0 Å². The lowest BCUT2D eigenvalue weighted by atomic mass is 9.82. The van der Waals surface area contributed by atoms with Crippen molar-refractivity contribution >= 4 is 23.9 Å². The van der Waals surface area contributed by atoms with Crippen molar-refractivity contribution in [1.82, 2.24) is 19.6 Å². The van der Waals surface area contributed by atoms with Crippen LogP contribution in [0.1, 0.15) is 25.7 Å². The van der Waals surface area contributed by atoms with Crippen molar-refractivity contribution in [3.8, 4) is 0 Å². The van der Waals surface area contributed by atoms with Crippen LogP contribution >= 0.6 is 0 Å². The Labute approximate surface area is 199 Å². The number of hydrogen-bond acceptors (Lipinski definition) is 8. The molecule has 0 aromatic heterocycles. The van der Waals surface area contributed by atoms with Crippen LogP contribution in [-0.2, 0) is 19.2 Å². The molecule has 1 aliphatic carbocycles. The molecule has 0 bridgehead atoms. The normalized spacial score (nSPS) is 25.2. The Balaban J connectivity index is 2.07. The summed E-state index contributed by atoms with van der Waals surface area (Å²) in [6.07, 6.45) is 2.97. The molecule has 4 N–H and O–H groups in total. The summed E-state index contributed by atoms with van der Waals surface area (Å²) in [4.78, 5) is 52.8. The van der Waals surface area contributed by atoms with E-state index >= 15 is 0 Å². The molecule has 34 heavy (non-hydrogen) atoms. The van der Waals surface area contributed by atoms with Gasteiger partial charge in [0.05, 0.1) is 25.6 Å². The highest BCUT2D eigenvalue weighted by atomic mass is 16.4. The molecule has 1 saturated carbocycles. The number of carbonyl (C=O) groups is 4. The van der Waals surface area contributed by atoms with E-state index in [1.807, 2.05) is 9.80 Å². The first-order chi connectivity index (χ1) is 16.1. The van der Waals surface area contributed by atoms with Crippen LogP contribution < -0.4 is 0 Å². The van der Waals surface area contributed by atoms with Crippen molar-refractivity contribution in [1.29, 1.82) is 0 Å². The molecule has 1 aliphatic heterocycles. The van der Waals surface area contributed by atoms with Crippen LogP contribution in [-0.4, -0.2) is 142 Å². The molecule has 0 unspecified atom stereocenters. The molecular weight excluding hydrogens is 448 g/mol. The van der Waals surface area contributed by atoms with Crippen molar-refractivity contribution in [2.75, 3.05) is 78.5 Å². The predicted octanol–water partition coefficient (Wildman–Crippen LogP) is -0.647. The van der Waals surface area contributed by atoms with Gasteiger partial charge in [-0.2, -0.15) is 0 Å². The minimum absolute atomic E-state index is 0.135. The SMILES string of the molecule is O=C(O)CN1CCN(CC(=O)O)CCN(CC2CCC(C(=O)O)CC2)CCN(CC(=O)O)CC1. The largest absolute Gasteiger partial charge is 0.481 e. The van der Waals surface area contributed by atoms with Gasteiger partial charge in [-0.3, -0.25) is 33.9 Å². The van der Waals surface area contributed by atoms with Crippen LogP contribution in [0.4, 0.5) is 0 Å². The summed E-state index contributed by atoms with van der Waals surface area (Å²) in [5.41, 5.74) is 0. The second-order valence-electron chi connectivity index (χ2n) is 9.37. The predicted molar refractivity (Wildman–Crippen MR) is 122 cm³/mol. The number of carboxylic acids is 4. The lowest BCUT2D eigenvalue weighted by Crippen LogP contribution is -2.49. The molecule has 0 atom stereocenters. The lowest BCUT2D eigenvalue weighted by molar-refractivity contribution is -0.143. The Bertz CT molecular complexity index is 666. The minimum Gasteiger partial charge on any atom is -0.481 e. The third-order valence-electron chi connectivity index (χ3n) is 6.72. The van der Waals surface area contributed by atoms with E-state index in [1.54, 1.807) is 4.90 Å². The lowest BCUT2D eigenvalue weighted by Gasteiger charge is -2.35. The summed E-state index contributed by atoms with van der Waals surface area (Å²) < 4.78 is 0. The first-order valence-corrected chi connectivity index (χ1v) is 11.9. The van der Waals surface area contributed by atoms with Crippen molar-refractivity contribution < 1.29 is 39.6 Å². The van der Waals surface area contributed by atoms with Crippen molar-refractivity contribution in [3.05, 3.63) is 0 Å². The van der Waals surface area contributed by atoms with Gasteiger partial charge in [0.1, 0.15) is 0 Å². The fourth-order valence-electron chi connectivity index (χ4n) is 4.77. The minimum atomic E-state index is -0.981. The van der Waals surface area contributed by atoms with Gasteiger partial charge in [-0.1, -0.05) is 0 Å². The van der Waals surface area contributed by atoms with Crippen LogP contribution in [0.2, 0.25) is 0 Å². The second-order valence-corrected chi connectivity index (χ2v) is 9.37. The molecule has 0 aromatic rings. The van der Waals surface area contributed by atoms with Gasteiger partial charge >= 0.3 is 23.9 Å². The summed E-state index contributed by atoms with van der Waals surface area (Å²) in [5.74, 6) is -3.53. The molecule has 0 aromatic carbocycles. The maximum atomic E-state index is 11.4. The zero-order valence-corrected chi connectivity index (χ0v) is 19.7. The standard InChI is InChI=1S/C22H38N4O8/c27-19(28)14-24-7-5-23(13-17-1-3-18(4-2-17)22(33)34)6-8-25(15-20(29)30)10-12-26(11-9-24)16-21(31)32/h17-18H,1-16H2,(H,27,28)(H,29,30)(H,31,32)(H,33,34). The van der Waals surface area contributed by atoms with E-state index in [2.05, 4.69) is 4.90 Å². The van der Waals surface area contributed by atoms with Gasteiger partial charge in [0.2, 0.25) is 0 Å². The van der Waals surface area contributed by atoms with E-state index in [4.69, 9.17) is 0 Å². The van der Waals surface area contributed by atoms with Crippen LogP contribution in [0.15, 0.2) is 0 Å². The molecule has 12 nitrogen and oxygen atoms in total. The second kappa shape index (κ2) is 14.2. The Morgan fingerprint density at radius 2 is 0.853 bits per heavy atom. The highest BCUT2D eigenvalue weighted by molar-refractivity contribution is 5.70. The van der Waals surface area contributed by atoms with Crippen molar-refractivity contribution in [2.24, 2.45) is 11.8 Å². The van der Waals surface area contributed by atoms with Crippen LogP contribution in [0.5, 0.6) is 0 Å². The van der Waals surface area contributed by atoms with E-state index < -0.39 is 23.9 Å². The molecule has 194 valence electrons. The molecule has 2 aliphatic rings. The van der Waals surface area contributed by atoms with Gasteiger partial charge in [-0.15, -0.1) is 0 Å². The summed E-state index contributed by atoms with van der Waals surface area (Å²) in [5, 5.41) is 37.1. The molecule has 0 amide bonds. The topological polar surface area (TPSA) is 162 Å². The molecular formula is C22H38N4O8. The maximum absolute atomic E-state index is 11.4. The third-order valence-corrected chi connectivity index (χ3v) is 6.72. The fraction of sp³-hybridized carbons (Fsp3) is 0.818. The summed E-state index contributed by atoms with van der Waals surface area (Å²) >= 11 is 0. The Kier molecular flexibility index (Phi) is 11.7. The molecule has 0 radical (unpaired) electrons. The Morgan fingerprint density at radius 1 is 0.529 bits per heavy atom. The summed E-state index contributed by atoms with van der Waals surface area (Å²) in [6.45, 7) is 4.05. The number of nitrogens with zero attached hydrogens (tertiary/aromatic N) is 4. The van der Waals surface area contributed by atoms with E-state index in [1.165, 1.54) is 0 Å². The van der Waals surface area contributed by atoms with Gasteiger partial charge in [-0.05, 0) is 31.6 Å². The Hall–Kier alpha value is -2.28. The van der Waals surface area contributed by atoms with Crippen LogP contribution in [0, 0.1) is 11.8 Å². The number of rotatable bonds is 9. The molecule has 2 fully saturated rings. The average molecular weight is 487 g/mol. The zero-order chi connectivity index (χ0) is 25.1. The number of hydrogen-bond donors (Lipinski definition) is 4. The molecule has 1 saturated heterocycles. The van der Waals surface area contributed by atoms with E-state index in [-0.39, 0.29) is 25.6 Å². The van der Waals surface area contributed by atoms with Crippen LogP contribution in [0.3, 0.4) is 0 Å². The number of carboxylic acid groups (broad SMARTS) is 4. The van der Waals surface area contributed by atoms with Crippen LogP contribution in [0.25, 0.3) is 0 Å². The highest BCUT2D eigenvalue weighted by Crippen LogP contribution is 2.29. The Morgan fingerprint density at radius 3 is 1.15 bits per heavy atom. The highest BCUT2D eigenvalue weighted by Gasteiger charge is 2.28. The average Bonchev–Trinajstić information content (AvgIpc) is 2.74. The molecule has 2 rings (SSSR count). The van der Waals surface area contributed by atoms with Gasteiger partial charge in [0.25, 0.3) is 0 Å².